The number of nitrogens with one attached hydrogen (secondary N) is 1. The van der Waals surface area contributed by atoms with Crippen LogP contribution >= 0.6 is 15.9 Å². The third-order valence-electron chi connectivity index (χ3n) is 11.2. The highest BCUT2D eigenvalue weighted by molar-refractivity contribution is 9.10. The molecule has 4 bridgehead atoms. The van der Waals surface area contributed by atoms with Gasteiger partial charge in [-0.1, -0.05) is 37.0 Å². The first-order chi connectivity index (χ1) is 25.6. The lowest BCUT2D eigenvalue weighted by molar-refractivity contribution is -0.138. The molecule has 14 heteroatoms. The Morgan fingerprint density at radius 2 is 1.72 bits per heavy atom. The fourth-order valence-electron chi connectivity index (χ4n) is 8.34. The van der Waals surface area contributed by atoms with E-state index < -0.39 is 6.04 Å². The van der Waals surface area contributed by atoms with Crippen molar-refractivity contribution in [1.29, 1.82) is 0 Å². The molecule has 3 atom stereocenters. The Labute approximate surface area is 316 Å². The molecular formula is C39H43BrN10O3. The van der Waals surface area contributed by atoms with Gasteiger partial charge in [-0.3, -0.25) is 23.7 Å². The second-order valence-corrected chi connectivity index (χ2v) is 15.8. The summed E-state index contributed by atoms with van der Waals surface area (Å²) < 4.78 is 4.19. The summed E-state index contributed by atoms with van der Waals surface area (Å²) in [6, 6.07) is 6.94. The number of halogens is 1. The molecule has 1 saturated heterocycles. The molecule has 2 amide bonds. The minimum absolute atomic E-state index is 0.109. The quantitative estimate of drug-likeness (QED) is 0.166. The monoisotopic (exact) mass is 778 g/mol. The molecule has 8 rings (SSSR count). The van der Waals surface area contributed by atoms with Gasteiger partial charge in [-0.2, -0.15) is 5.10 Å². The summed E-state index contributed by atoms with van der Waals surface area (Å²) in [6.45, 7) is 5.71. The van der Waals surface area contributed by atoms with Crippen molar-refractivity contribution >= 4 is 50.2 Å². The van der Waals surface area contributed by atoms with Gasteiger partial charge in [-0.05, 0) is 103 Å². The third-order valence-corrected chi connectivity index (χ3v) is 11.6. The maximum absolute atomic E-state index is 14.7. The molecule has 1 aliphatic carbocycles. The highest BCUT2D eigenvalue weighted by Crippen LogP contribution is 2.60. The molecular weight excluding hydrogens is 736 g/mol. The number of rotatable bonds is 4. The summed E-state index contributed by atoms with van der Waals surface area (Å²) in [4.78, 5) is 57.0. The zero-order valence-electron chi connectivity index (χ0n) is 30.3. The fraction of sp³-hybridized carbons (Fsp3) is 0.462. The summed E-state index contributed by atoms with van der Waals surface area (Å²) in [7, 11) is 0. The van der Waals surface area contributed by atoms with Crippen LogP contribution in [0.5, 0.6) is 0 Å². The van der Waals surface area contributed by atoms with Crippen LogP contribution in [0.3, 0.4) is 0 Å². The Kier molecular flexibility index (Phi) is 9.42. The van der Waals surface area contributed by atoms with Gasteiger partial charge in [0.1, 0.15) is 34.5 Å². The van der Waals surface area contributed by atoms with Crippen LogP contribution in [0, 0.1) is 19.3 Å². The van der Waals surface area contributed by atoms with Crippen LogP contribution in [0.25, 0.3) is 22.0 Å². The van der Waals surface area contributed by atoms with Gasteiger partial charge < -0.3 is 10.2 Å². The Morgan fingerprint density at radius 1 is 0.962 bits per heavy atom. The lowest BCUT2D eigenvalue weighted by Crippen LogP contribution is -2.47. The van der Waals surface area contributed by atoms with Crippen molar-refractivity contribution in [3.8, 4) is 11.1 Å². The van der Waals surface area contributed by atoms with Gasteiger partial charge in [0.2, 0.25) is 11.8 Å². The van der Waals surface area contributed by atoms with Crippen LogP contribution in [0.1, 0.15) is 91.4 Å². The second-order valence-electron chi connectivity index (χ2n) is 15.0. The van der Waals surface area contributed by atoms with Crippen LogP contribution < -0.4 is 5.32 Å². The van der Waals surface area contributed by atoms with Gasteiger partial charge in [-0.15, -0.1) is 5.10 Å². The van der Waals surface area contributed by atoms with Gasteiger partial charge >= 0.3 is 0 Å². The molecule has 53 heavy (non-hydrogen) atoms. The number of piperidine rings is 1. The van der Waals surface area contributed by atoms with Gasteiger partial charge in [0.25, 0.3) is 0 Å². The fourth-order valence-corrected chi connectivity index (χ4v) is 8.65. The van der Waals surface area contributed by atoms with E-state index in [-0.39, 0.29) is 35.6 Å². The van der Waals surface area contributed by atoms with E-state index in [1.54, 1.807) is 22.0 Å². The number of hydrogen-bond donors (Lipinski definition) is 1. The van der Waals surface area contributed by atoms with Crippen molar-refractivity contribution in [2.24, 2.45) is 5.41 Å². The number of fused-ring (bicyclic) bond motifs is 2. The molecule has 0 spiro atoms. The Bertz CT molecular complexity index is 2230. The summed E-state index contributed by atoms with van der Waals surface area (Å²) in [5.41, 5.74) is 5.35. The number of benzene rings is 1. The number of amides is 2. The lowest BCUT2D eigenvalue weighted by Gasteiger charge is -2.27. The predicted octanol–water partition coefficient (Wildman–Crippen LogP) is 6.20. The van der Waals surface area contributed by atoms with E-state index in [1.807, 2.05) is 42.9 Å². The standard InChI is InChI=1S/C39H43BrN10O3/c1-23-12-13-33(40)43-37(23)44-38(53)31-16-39-17-32(39)50(31)34(52)21-49-36-26(10-8-6-4-5-7-9-11-29-20-48(22-39)47-45-29)14-27(28-18-41-25(3)42-19-28)15-30(36)35(46-49)24(2)51/h12-15,18-20,31-32H,4-11,16-17,21-22H2,1-3H3,(H,43,44,53)/t31?,32-,39+/m1/s1. The lowest BCUT2D eigenvalue weighted by atomic mass is 9.96. The molecule has 6 heterocycles. The molecule has 274 valence electrons. The number of anilines is 1. The Hall–Kier alpha value is -4.85. The molecule has 1 aromatic carbocycles. The number of Topliss-reactive ketones (excluding diaryl/α,β-unsaturated/α-hetero) is 1. The van der Waals surface area contributed by atoms with E-state index >= 15 is 0 Å². The number of aromatic nitrogens is 8. The van der Waals surface area contributed by atoms with Crippen LogP contribution in [-0.4, -0.2) is 74.3 Å². The van der Waals surface area contributed by atoms with E-state index in [2.05, 4.69) is 52.6 Å². The molecule has 1 saturated carbocycles. The van der Waals surface area contributed by atoms with E-state index in [0.29, 0.717) is 40.3 Å². The molecule has 1 unspecified atom stereocenters. The number of carbonyl (C=O) groups is 3. The van der Waals surface area contributed by atoms with E-state index in [0.717, 1.165) is 91.3 Å². The van der Waals surface area contributed by atoms with Crippen molar-refractivity contribution in [3.63, 3.8) is 0 Å². The van der Waals surface area contributed by atoms with E-state index in [4.69, 9.17) is 5.10 Å². The average molecular weight is 780 g/mol. The number of hydrogen-bond acceptors (Lipinski definition) is 9. The second kappa shape index (κ2) is 14.2. The molecule has 13 nitrogen and oxygen atoms in total. The minimum atomic E-state index is -0.722. The van der Waals surface area contributed by atoms with Crippen molar-refractivity contribution in [2.45, 2.75) is 110 Å². The van der Waals surface area contributed by atoms with Gasteiger partial charge in [-0.25, -0.2) is 15.0 Å². The largest absolute Gasteiger partial charge is 0.325 e. The van der Waals surface area contributed by atoms with Crippen LogP contribution in [0.15, 0.2) is 47.5 Å². The molecule has 0 radical (unpaired) electrons. The number of pyridine rings is 1. The summed E-state index contributed by atoms with van der Waals surface area (Å²) in [5, 5.41) is 17.5. The number of aryl methyl sites for hydroxylation is 4. The maximum Gasteiger partial charge on any atom is 0.248 e. The molecule has 1 N–H and O–H groups in total. The summed E-state index contributed by atoms with van der Waals surface area (Å²) in [5.74, 6) is 0.450. The van der Waals surface area contributed by atoms with E-state index in [9.17, 15) is 14.4 Å². The maximum atomic E-state index is 14.7. The molecule has 5 aromatic rings. The average Bonchev–Trinajstić information content (AvgIpc) is 3.39. The first-order valence-corrected chi connectivity index (χ1v) is 19.4. The van der Waals surface area contributed by atoms with Crippen molar-refractivity contribution in [3.05, 3.63) is 75.8 Å². The predicted molar refractivity (Wildman–Crippen MR) is 202 cm³/mol. The first kappa shape index (κ1) is 35.2. The SMILES string of the molecule is CC(=O)c1nn2c3c(cc(-c4cnc(C)nc4)cc13)CCCCCCCCc1cn(nn1)C[C@@]13CC(C(=O)Nc4nc(Br)ccc4C)N(C(=O)C2)[C@@H]1C3. The minimum Gasteiger partial charge on any atom is -0.325 e. The topological polar surface area (TPSA) is 154 Å². The van der Waals surface area contributed by atoms with Gasteiger partial charge in [0, 0.05) is 47.9 Å². The van der Waals surface area contributed by atoms with Crippen LogP contribution in [0.2, 0.25) is 0 Å². The van der Waals surface area contributed by atoms with Crippen molar-refractivity contribution in [2.75, 3.05) is 5.32 Å². The number of ketones is 1. The zero-order valence-corrected chi connectivity index (χ0v) is 31.9. The van der Waals surface area contributed by atoms with Crippen molar-refractivity contribution in [1.82, 2.24) is 44.6 Å². The highest BCUT2D eigenvalue weighted by atomic mass is 79.9. The van der Waals surface area contributed by atoms with Gasteiger partial charge in [0.05, 0.1) is 17.8 Å². The first-order valence-electron chi connectivity index (χ1n) is 18.6. The number of nitrogens with zero attached hydrogens (tertiary/aromatic N) is 9. The molecule has 4 aromatic heterocycles. The summed E-state index contributed by atoms with van der Waals surface area (Å²) in [6.07, 6.45) is 15.0. The smallest absolute Gasteiger partial charge is 0.248 e. The molecule has 2 aliphatic heterocycles. The number of carbonyl (C=O) groups excluding carboxylic acids is 3. The van der Waals surface area contributed by atoms with Gasteiger partial charge in [0.15, 0.2) is 5.78 Å². The summed E-state index contributed by atoms with van der Waals surface area (Å²) >= 11 is 3.42. The Morgan fingerprint density at radius 3 is 2.49 bits per heavy atom. The molecule has 3 aliphatic rings. The van der Waals surface area contributed by atoms with Crippen LogP contribution in [-0.2, 0) is 35.5 Å². The molecule has 2 fully saturated rings. The van der Waals surface area contributed by atoms with E-state index in [1.165, 1.54) is 6.92 Å². The zero-order chi connectivity index (χ0) is 36.9. The normalized spacial score (nSPS) is 22.0. The highest BCUT2D eigenvalue weighted by Gasteiger charge is 2.67. The van der Waals surface area contributed by atoms with Crippen molar-refractivity contribution < 1.29 is 14.4 Å². The van der Waals surface area contributed by atoms with Crippen LogP contribution in [0.4, 0.5) is 5.82 Å². The Balaban J connectivity index is 1.19. The third kappa shape index (κ3) is 7.00.